The molecule has 0 amide bonds. The molecule has 1 rings (SSSR count). The number of piperidine rings is 1. The molecule has 1 fully saturated rings. The van der Waals surface area contributed by atoms with Crippen molar-refractivity contribution in [2.75, 3.05) is 40.3 Å². The Morgan fingerprint density at radius 3 is 2.50 bits per heavy atom. The van der Waals surface area contributed by atoms with E-state index < -0.39 is 0 Å². The highest BCUT2D eigenvalue weighted by Gasteiger charge is 2.14. The largest absolute Gasteiger partial charge is 0.359 e. The number of nitrogens with zero attached hydrogens (tertiary/aromatic N) is 2. The van der Waals surface area contributed by atoms with Gasteiger partial charge in [-0.3, -0.25) is 4.99 Å². The van der Waals surface area contributed by atoms with E-state index >= 15 is 0 Å². The second kappa shape index (κ2) is 10.8. The number of unbranched alkanes of at least 4 members (excludes halogenated alkanes) is 1. The van der Waals surface area contributed by atoms with Gasteiger partial charge in [0.1, 0.15) is 0 Å². The fraction of sp³-hybridized carbons (Fsp3) is 0.923. The van der Waals surface area contributed by atoms with Gasteiger partial charge in [-0.2, -0.15) is 0 Å². The zero-order valence-electron chi connectivity index (χ0n) is 12.0. The van der Waals surface area contributed by atoms with Gasteiger partial charge in [0.15, 0.2) is 5.96 Å². The maximum Gasteiger partial charge on any atom is 0.190 e. The quantitative estimate of drug-likeness (QED) is 0.337. The van der Waals surface area contributed by atoms with Crippen LogP contribution < -0.4 is 10.6 Å². The number of guanidine groups is 1. The van der Waals surface area contributed by atoms with E-state index in [1.165, 1.54) is 45.3 Å². The van der Waals surface area contributed by atoms with Crippen molar-refractivity contribution in [2.45, 2.75) is 32.6 Å². The zero-order valence-corrected chi connectivity index (χ0v) is 14.4. The van der Waals surface area contributed by atoms with Gasteiger partial charge >= 0.3 is 0 Å². The molecule has 2 N–H and O–H groups in total. The van der Waals surface area contributed by atoms with Gasteiger partial charge in [0.25, 0.3) is 0 Å². The summed E-state index contributed by atoms with van der Waals surface area (Å²) >= 11 is 0. The molecule has 108 valence electrons. The first-order valence-electron chi connectivity index (χ1n) is 6.87. The van der Waals surface area contributed by atoms with Gasteiger partial charge in [-0.25, -0.2) is 0 Å². The van der Waals surface area contributed by atoms with E-state index in [1.54, 1.807) is 7.05 Å². The Balaban J connectivity index is 0.00000289. The molecule has 0 spiro atoms. The van der Waals surface area contributed by atoms with Gasteiger partial charge < -0.3 is 15.5 Å². The minimum absolute atomic E-state index is 0. The number of halogens is 1. The normalized spacial score (nSPS) is 18.3. The van der Waals surface area contributed by atoms with Crippen molar-refractivity contribution in [3.63, 3.8) is 0 Å². The molecule has 0 atom stereocenters. The highest BCUT2D eigenvalue weighted by molar-refractivity contribution is 14.0. The standard InChI is InChI=1S/C13H28N4.HI/c1-12-6-10-17(11-7-12)9-5-4-8-16-13(14-2)15-3;/h12H,4-11H2,1-3H3,(H2,14,15,16);1H. The topological polar surface area (TPSA) is 39.7 Å². The molecule has 5 heteroatoms. The van der Waals surface area contributed by atoms with Gasteiger partial charge in [0.2, 0.25) is 0 Å². The van der Waals surface area contributed by atoms with Crippen LogP contribution in [0, 0.1) is 5.92 Å². The predicted molar refractivity (Wildman–Crippen MR) is 89.9 cm³/mol. The van der Waals surface area contributed by atoms with Crippen LogP contribution >= 0.6 is 24.0 Å². The molecule has 1 heterocycles. The third-order valence-corrected chi connectivity index (χ3v) is 3.53. The lowest BCUT2D eigenvalue weighted by Crippen LogP contribution is -2.36. The Kier molecular flexibility index (Phi) is 10.8. The van der Waals surface area contributed by atoms with Gasteiger partial charge in [-0.15, -0.1) is 24.0 Å². The summed E-state index contributed by atoms with van der Waals surface area (Å²) in [6.07, 6.45) is 5.25. The highest BCUT2D eigenvalue weighted by atomic mass is 127. The molecule has 0 radical (unpaired) electrons. The van der Waals surface area contributed by atoms with Crippen molar-refractivity contribution in [2.24, 2.45) is 10.9 Å². The SMILES string of the molecule is CN=C(NC)NCCCCN1CCC(C)CC1.I. The lowest BCUT2D eigenvalue weighted by Gasteiger charge is -2.30. The number of nitrogens with one attached hydrogen (secondary N) is 2. The molecule has 0 aromatic carbocycles. The highest BCUT2D eigenvalue weighted by Crippen LogP contribution is 2.15. The second-order valence-corrected chi connectivity index (χ2v) is 4.98. The minimum atomic E-state index is 0. The summed E-state index contributed by atoms with van der Waals surface area (Å²) in [6, 6.07) is 0. The predicted octanol–water partition coefficient (Wildman–Crippen LogP) is 1.91. The molecule has 18 heavy (non-hydrogen) atoms. The maximum atomic E-state index is 4.09. The number of hydrogen-bond donors (Lipinski definition) is 2. The van der Waals surface area contributed by atoms with Crippen LogP contribution in [-0.2, 0) is 0 Å². The first-order valence-corrected chi connectivity index (χ1v) is 6.87. The van der Waals surface area contributed by atoms with Crippen molar-refractivity contribution in [3.05, 3.63) is 0 Å². The Hall–Kier alpha value is -0.0400. The van der Waals surface area contributed by atoms with Crippen molar-refractivity contribution >= 4 is 29.9 Å². The molecule has 0 saturated carbocycles. The molecule has 0 unspecified atom stereocenters. The van der Waals surface area contributed by atoms with Crippen molar-refractivity contribution < 1.29 is 0 Å². The second-order valence-electron chi connectivity index (χ2n) is 4.98. The molecule has 0 aliphatic carbocycles. The summed E-state index contributed by atoms with van der Waals surface area (Å²) in [6.45, 7) is 7.23. The molecule has 0 aromatic rings. The summed E-state index contributed by atoms with van der Waals surface area (Å²) in [4.78, 5) is 6.69. The van der Waals surface area contributed by atoms with Crippen molar-refractivity contribution in [1.82, 2.24) is 15.5 Å². The Morgan fingerprint density at radius 2 is 1.94 bits per heavy atom. The first-order chi connectivity index (χ1) is 8.26. The third kappa shape index (κ3) is 7.41. The van der Waals surface area contributed by atoms with Crippen LogP contribution in [0.5, 0.6) is 0 Å². The minimum Gasteiger partial charge on any atom is -0.359 e. The zero-order chi connectivity index (χ0) is 12.5. The maximum absolute atomic E-state index is 4.09. The number of aliphatic imine (C=N–C) groups is 1. The van der Waals surface area contributed by atoms with E-state index in [2.05, 4.69) is 27.4 Å². The Labute approximate surface area is 129 Å². The van der Waals surface area contributed by atoms with Crippen LogP contribution in [0.15, 0.2) is 4.99 Å². The monoisotopic (exact) mass is 368 g/mol. The molecular weight excluding hydrogens is 339 g/mol. The summed E-state index contributed by atoms with van der Waals surface area (Å²) in [7, 11) is 3.69. The fourth-order valence-corrected chi connectivity index (χ4v) is 2.23. The molecular formula is C13H29IN4. The lowest BCUT2D eigenvalue weighted by molar-refractivity contribution is 0.189. The third-order valence-electron chi connectivity index (χ3n) is 3.53. The summed E-state index contributed by atoms with van der Waals surface area (Å²) in [5, 5.41) is 6.31. The van der Waals surface area contributed by atoms with E-state index in [-0.39, 0.29) is 24.0 Å². The van der Waals surface area contributed by atoms with Gasteiger partial charge in [0.05, 0.1) is 0 Å². The first kappa shape index (κ1) is 18.0. The van der Waals surface area contributed by atoms with E-state index in [4.69, 9.17) is 0 Å². The van der Waals surface area contributed by atoms with Crippen LogP contribution in [0.1, 0.15) is 32.6 Å². The van der Waals surface area contributed by atoms with Crippen LogP contribution in [0.2, 0.25) is 0 Å². The molecule has 1 aliphatic heterocycles. The van der Waals surface area contributed by atoms with Crippen LogP contribution in [0.4, 0.5) is 0 Å². The van der Waals surface area contributed by atoms with E-state index in [9.17, 15) is 0 Å². The van der Waals surface area contributed by atoms with Crippen LogP contribution in [0.25, 0.3) is 0 Å². The molecule has 0 aromatic heterocycles. The van der Waals surface area contributed by atoms with E-state index in [1.807, 2.05) is 7.05 Å². The summed E-state index contributed by atoms with van der Waals surface area (Å²) in [5.74, 6) is 1.82. The van der Waals surface area contributed by atoms with Crippen molar-refractivity contribution in [3.8, 4) is 0 Å². The van der Waals surface area contributed by atoms with E-state index in [0.717, 1.165) is 18.4 Å². The Bertz CT molecular complexity index is 225. The van der Waals surface area contributed by atoms with Gasteiger partial charge in [-0.1, -0.05) is 6.92 Å². The fourth-order valence-electron chi connectivity index (χ4n) is 2.23. The number of likely N-dealkylation sites (tertiary alicyclic amines) is 1. The molecule has 1 aliphatic rings. The van der Waals surface area contributed by atoms with Gasteiger partial charge in [0, 0.05) is 20.6 Å². The molecule has 4 nitrogen and oxygen atoms in total. The average Bonchev–Trinajstić information content (AvgIpc) is 2.36. The summed E-state index contributed by atoms with van der Waals surface area (Å²) in [5.41, 5.74) is 0. The number of hydrogen-bond acceptors (Lipinski definition) is 2. The molecule has 0 bridgehead atoms. The molecule has 1 saturated heterocycles. The number of rotatable bonds is 5. The van der Waals surface area contributed by atoms with Gasteiger partial charge in [-0.05, 0) is 51.2 Å². The van der Waals surface area contributed by atoms with Crippen molar-refractivity contribution in [1.29, 1.82) is 0 Å². The Morgan fingerprint density at radius 1 is 1.28 bits per heavy atom. The van der Waals surface area contributed by atoms with Crippen LogP contribution in [0.3, 0.4) is 0 Å². The average molecular weight is 368 g/mol. The lowest BCUT2D eigenvalue weighted by atomic mass is 9.99. The summed E-state index contributed by atoms with van der Waals surface area (Å²) < 4.78 is 0. The van der Waals surface area contributed by atoms with Crippen LogP contribution in [-0.4, -0.2) is 51.1 Å². The van der Waals surface area contributed by atoms with E-state index in [0.29, 0.717) is 0 Å². The smallest absolute Gasteiger partial charge is 0.190 e.